The Balaban J connectivity index is 2.14. The van der Waals surface area contributed by atoms with Gasteiger partial charge in [-0.2, -0.15) is 0 Å². The summed E-state index contributed by atoms with van der Waals surface area (Å²) in [5.41, 5.74) is 1.66. The van der Waals surface area contributed by atoms with Gasteiger partial charge in [0.25, 0.3) is 0 Å². The number of ether oxygens (including phenoxy) is 1. The van der Waals surface area contributed by atoms with Crippen molar-refractivity contribution < 1.29 is 14.3 Å². The number of methoxy groups -OCH3 is 1. The lowest BCUT2D eigenvalue weighted by molar-refractivity contribution is -0.115. The molecule has 0 heterocycles. The molecule has 2 aromatic rings. The fourth-order valence-corrected chi connectivity index (χ4v) is 2.31. The zero-order valence-electron chi connectivity index (χ0n) is 11.4. The largest absolute Gasteiger partial charge is 0.465 e. The molecule has 0 aliphatic heterocycles. The van der Waals surface area contributed by atoms with Crippen LogP contribution in [0.15, 0.2) is 53.0 Å². The Bertz CT molecular complexity index is 670. The smallest absolute Gasteiger partial charge is 0.339 e. The van der Waals surface area contributed by atoms with E-state index in [0.29, 0.717) is 11.3 Å². The third-order valence-electron chi connectivity index (χ3n) is 2.92. The van der Waals surface area contributed by atoms with Gasteiger partial charge < -0.3 is 10.1 Å². The minimum Gasteiger partial charge on any atom is -0.465 e. The summed E-state index contributed by atoms with van der Waals surface area (Å²) in [6, 6.07) is 14.3. The molecule has 0 radical (unpaired) electrons. The van der Waals surface area contributed by atoms with E-state index in [1.54, 1.807) is 24.3 Å². The molecule has 0 spiro atoms. The number of para-hydroxylation sites is 1. The van der Waals surface area contributed by atoms with Gasteiger partial charge in [0.05, 0.1) is 24.8 Å². The van der Waals surface area contributed by atoms with Crippen LogP contribution >= 0.6 is 15.9 Å². The summed E-state index contributed by atoms with van der Waals surface area (Å²) in [4.78, 5) is 23.8. The molecule has 0 unspecified atom stereocenters. The van der Waals surface area contributed by atoms with Gasteiger partial charge in [0, 0.05) is 4.47 Å². The molecule has 0 saturated carbocycles. The number of anilines is 1. The van der Waals surface area contributed by atoms with E-state index < -0.39 is 5.97 Å². The van der Waals surface area contributed by atoms with Crippen LogP contribution in [0.1, 0.15) is 15.9 Å². The normalized spacial score (nSPS) is 10.0. The molecule has 0 saturated heterocycles. The predicted octanol–water partition coefficient (Wildman–Crippen LogP) is 3.42. The van der Waals surface area contributed by atoms with Gasteiger partial charge >= 0.3 is 5.97 Å². The maximum atomic E-state index is 12.1. The van der Waals surface area contributed by atoms with Crippen molar-refractivity contribution in [3.8, 4) is 0 Å². The zero-order chi connectivity index (χ0) is 15.2. The predicted molar refractivity (Wildman–Crippen MR) is 84.3 cm³/mol. The molecule has 108 valence electrons. The van der Waals surface area contributed by atoms with Crippen molar-refractivity contribution in [1.82, 2.24) is 0 Å². The lowest BCUT2D eigenvalue weighted by Crippen LogP contribution is -2.17. The Morgan fingerprint density at radius 2 is 1.76 bits per heavy atom. The Morgan fingerprint density at radius 3 is 2.48 bits per heavy atom. The molecule has 0 atom stereocenters. The highest BCUT2D eigenvalue weighted by Crippen LogP contribution is 2.19. The minimum absolute atomic E-state index is 0.196. The molecule has 21 heavy (non-hydrogen) atoms. The van der Waals surface area contributed by atoms with Crippen molar-refractivity contribution in [2.45, 2.75) is 6.42 Å². The maximum Gasteiger partial charge on any atom is 0.339 e. The Kier molecular flexibility index (Phi) is 5.11. The first-order chi connectivity index (χ1) is 10.1. The molecule has 2 aromatic carbocycles. The van der Waals surface area contributed by atoms with Crippen LogP contribution in [0.3, 0.4) is 0 Å². The van der Waals surface area contributed by atoms with E-state index in [2.05, 4.69) is 21.2 Å². The van der Waals surface area contributed by atoms with E-state index in [1.165, 1.54) is 7.11 Å². The van der Waals surface area contributed by atoms with Gasteiger partial charge in [-0.15, -0.1) is 0 Å². The monoisotopic (exact) mass is 347 g/mol. The number of hydrogen-bond acceptors (Lipinski definition) is 3. The summed E-state index contributed by atoms with van der Waals surface area (Å²) in [5, 5.41) is 2.74. The molecular formula is C16H14BrNO3. The quantitative estimate of drug-likeness (QED) is 0.862. The number of halogens is 1. The van der Waals surface area contributed by atoms with Crippen molar-refractivity contribution in [1.29, 1.82) is 0 Å². The lowest BCUT2D eigenvalue weighted by Gasteiger charge is -2.10. The van der Waals surface area contributed by atoms with Crippen LogP contribution in [0.2, 0.25) is 0 Å². The van der Waals surface area contributed by atoms with Crippen LogP contribution in [0.25, 0.3) is 0 Å². The number of carbonyl (C=O) groups is 2. The number of esters is 1. The molecule has 1 amide bonds. The average Bonchev–Trinajstić information content (AvgIpc) is 2.49. The Morgan fingerprint density at radius 1 is 1.10 bits per heavy atom. The number of carbonyl (C=O) groups excluding carboxylic acids is 2. The molecule has 0 aromatic heterocycles. The second-order valence-electron chi connectivity index (χ2n) is 4.35. The van der Waals surface area contributed by atoms with Crippen molar-refractivity contribution in [3.63, 3.8) is 0 Å². The van der Waals surface area contributed by atoms with E-state index in [9.17, 15) is 9.59 Å². The Labute approximate surface area is 131 Å². The standard InChI is InChI=1S/C16H14BrNO3/c1-21-16(20)12-7-3-5-9-14(12)18-15(19)10-11-6-2-4-8-13(11)17/h2-9H,10H2,1H3,(H,18,19). The number of rotatable bonds is 4. The van der Waals surface area contributed by atoms with E-state index in [-0.39, 0.29) is 12.3 Å². The SMILES string of the molecule is COC(=O)c1ccccc1NC(=O)Cc1ccccc1Br. The highest BCUT2D eigenvalue weighted by Gasteiger charge is 2.13. The zero-order valence-corrected chi connectivity index (χ0v) is 13.0. The third kappa shape index (κ3) is 3.92. The maximum absolute atomic E-state index is 12.1. The molecule has 0 aliphatic rings. The summed E-state index contributed by atoms with van der Waals surface area (Å²) in [5.74, 6) is -0.676. The molecule has 0 bridgehead atoms. The summed E-state index contributed by atoms with van der Waals surface area (Å²) < 4.78 is 5.57. The van der Waals surface area contributed by atoms with E-state index in [0.717, 1.165) is 10.0 Å². The lowest BCUT2D eigenvalue weighted by atomic mass is 10.1. The van der Waals surface area contributed by atoms with Crippen LogP contribution in [0, 0.1) is 0 Å². The van der Waals surface area contributed by atoms with E-state index in [4.69, 9.17) is 4.74 Å². The van der Waals surface area contributed by atoms with Crippen molar-refractivity contribution in [2.24, 2.45) is 0 Å². The molecule has 2 rings (SSSR count). The third-order valence-corrected chi connectivity index (χ3v) is 3.69. The van der Waals surface area contributed by atoms with Gasteiger partial charge in [-0.1, -0.05) is 46.3 Å². The van der Waals surface area contributed by atoms with Gasteiger partial charge in [-0.25, -0.2) is 4.79 Å². The van der Waals surface area contributed by atoms with Crippen LogP contribution in [0.4, 0.5) is 5.69 Å². The van der Waals surface area contributed by atoms with Crippen LogP contribution in [0.5, 0.6) is 0 Å². The summed E-state index contributed by atoms with van der Waals surface area (Å²) in [7, 11) is 1.31. The van der Waals surface area contributed by atoms with Crippen molar-refractivity contribution in [2.75, 3.05) is 12.4 Å². The molecule has 4 nitrogen and oxygen atoms in total. The number of amides is 1. The molecule has 0 fully saturated rings. The summed E-state index contributed by atoms with van der Waals surface area (Å²) in [6.07, 6.45) is 0.219. The first-order valence-corrected chi connectivity index (χ1v) is 7.11. The van der Waals surface area contributed by atoms with E-state index >= 15 is 0 Å². The van der Waals surface area contributed by atoms with Crippen LogP contribution < -0.4 is 5.32 Å². The summed E-state index contributed by atoms with van der Waals surface area (Å²) in [6.45, 7) is 0. The van der Waals surface area contributed by atoms with Gasteiger partial charge in [0.2, 0.25) is 5.91 Å². The second kappa shape index (κ2) is 7.04. The molecule has 5 heteroatoms. The Hall–Kier alpha value is -2.14. The van der Waals surface area contributed by atoms with Gasteiger partial charge in [-0.05, 0) is 23.8 Å². The van der Waals surface area contributed by atoms with Crippen molar-refractivity contribution in [3.05, 3.63) is 64.1 Å². The number of benzene rings is 2. The first-order valence-electron chi connectivity index (χ1n) is 6.32. The molecular weight excluding hydrogens is 334 g/mol. The number of nitrogens with one attached hydrogen (secondary N) is 1. The minimum atomic E-state index is -0.480. The van der Waals surface area contributed by atoms with Gasteiger partial charge in [-0.3, -0.25) is 4.79 Å². The van der Waals surface area contributed by atoms with Crippen LogP contribution in [-0.4, -0.2) is 19.0 Å². The first kappa shape index (κ1) is 15.3. The van der Waals surface area contributed by atoms with Gasteiger partial charge in [0.1, 0.15) is 0 Å². The fourth-order valence-electron chi connectivity index (χ4n) is 1.89. The highest BCUT2D eigenvalue weighted by molar-refractivity contribution is 9.10. The summed E-state index contributed by atoms with van der Waals surface area (Å²) >= 11 is 3.40. The number of hydrogen-bond donors (Lipinski definition) is 1. The fraction of sp³-hybridized carbons (Fsp3) is 0.125. The average molecular weight is 348 g/mol. The van der Waals surface area contributed by atoms with Gasteiger partial charge in [0.15, 0.2) is 0 Å². The highest BCUT2D eigenvalue weighted by atomic mass is 79.9. The molecule has 0 aliphatic carbocycles. The molecule has 1 N–H and O–H groups in total. The second-order valence-corrected chi connectivity index (χ2v) is 5.21. The van der Waals surface area contributed by atoms with Crippen LogP contribution in [-0.2, 0) is 16.0 Å². The topological polar surface area (TPSA) is 55.4 Å². The van der Waals surface area contributed by atoms with E-state index in [1.807, 2.05) is 24.3 Å². The van der Waals surface area contributed by atoms with Crippen molar-refractivity contribution >= 4 is 33.5 Å².